The van der Waals surface area contributed by atoms with Crippen molar-refractivity contribution in [2.45, 2.75) is 27.7 Å². The van der Waals surface area contributed by atoms with Crippen molar-refractivity contribution in [1.29, 1.82) is 0 Å². The van der Waals surface area contributed by atoms with Crippen molar-refractivity contribution in [3.05, 3.63) is 95.1 Å². The van der Waals surface area contributed by atoms with Crippen molar-refractivity contribution in [3.8, 4) is 0 Å². The normalized spacial score (nSPS) is 14.5. The molecule has 5 heteroatoms. The summed E-state index contributed by atoms with van der Waals surface area (Å²) >= 11 is 0. The summed E-state index contributed by atoms with van der Waals surface area (Å²) in [5.41, 5.74) is 1.73. The SMILES string of the molecule is CC.CC.O=C1c2cccc3cccc(c23)C(=O)C1CN1C(=O)c2cccc3cccc(c23)C1=O. The van der Waals surface area contributed by atoms with E-state index in [0.717, 1.165) is 15.7 Å². The molecule has 0 saturated heterocycles. The number of benzene rings is 4. The van der Waals surface area contributed by atoms with Crippen molar-refractivity contribution in [2.24, 2.45) is 5.92 Å². The molecule has 0 N–H and O–H groups in total. The summed E-state index contributed by atoms with van der Waals surface area (Å²) in [6.45, 7) is 7.73. The van der Waals surface area contributed by atoms with Crippen LogP contribution in [-0.2, 0) is 0 Å². The molecule has 1 aliphatic carbocycles. The third-order valence-electron chi connectivity index (χ3n) is 6.29. The zero-order chi connectivity index (χ0) is 25.3. The fourth-order valence-electron chi connectivity index (χ4n) is 4.84. The zero-order valence-corrected chi connectivity index (χ0v) is 20.3. The van der Waals surface area contributed by atoms with Crippen molar-refractivity contribution >= 4 is 44.9 Å². The minimum Gasteiger partial charge on any atom is -0.293 e. The molecule has 2 aliphatic rings. The summed E-state index contributed by atoms with van der Waals surface area (Å²) in [6.07, 6.45) is 0. The molecule has 0 bridgehead atoms. The van der Waals surface area contributed by atoms with Gasteiger partial charge in [0.25, 0.3) is 11.8 Å². The molecule has 35 heavy (non-hydrogen) atoms. The van der Waals surface area contributed by atoms with Gasteiger partial charge in [0, 0.05) is 39.6 Å². The molecular weight excluding hydrogens is 438 g/mol. The number of rotatable bonds is 2. The Morgan fingerprint density at radius 3 is 1.29 bits per heavy atom. The first-order chi connectivity index (χ1) is 17.1. The van der Waals surface area contributed by atoms with Crippen LogP contribution in [0.25, 0.3) is 21.5 Å². The molecule has 0 atom stereocenters. The van der Waals surface area contributed by atoms with Gasteiger partial charge in [0.2, 0.25) is 0 Å². The molecule has 0 spiro atoms. The highest BCUT2D eigenvalue weighted by Gasteiger charge is 2.41. The van der Waals surface area contributed by atoms with Crippen LogP contribution >= 0.6 is 0 Å². The van der Waals surface area contributed by atoms with Crippen LogP contribution in [0.15, 0.2) is 72.8 Å². The summed E-state index contributed by atoms with van der Waals surface area (Å²) < 4.78 is 0. The van der Waals surface area contributed by atoms with Crippen LogP contribution < -0.4 is 0 Å². The Hall–Kier alpha value is -4.12. The van der Waals surface area contributed by atoms with E-state index in [4.69, 9.17) is 0 Å². The number of amides is 2. The van der Waals surface area contributed by atoms with Gasteiger partial charge in [-0.1, -0.05) is 88.4 Å². The van der Waals surface area contributed by atoms with Gasteiger partial charge >= 0.3 is 0 Å². The number of imide groups is 1. The highest BCUT2D eigenvalue weighted by atomic mass is 16.2. The molecule has 4 aromatic carbocycles. The Kier molecular flexibility index (Phi) is 6.61. The topological polar surface area (TPSA) is 71.5 Å². The maximum Gasteiger partial charge on any atom is 0.261 e. The summed E-state index contributed by atoms with van der Waals surface area (Å²) in [5.74, 6) is -2.78. The first-order valence-corrected chi connectivity index (χ1v) is 12.0. The number of ketones is 2. The lowest BCUT2D eigenvalue weighted by molar-refractivity contribution is 0.0567. The summed E-state index contributed by atoms with van der Waals surface area (Å²) in [6, 6.07) is 21.3. The first-order valence-electron chi connectivity index (χ1n) is 12.0. The van der Waals surface area contributed by atoms with Crippen LogP contribution in [0.1, 0.15) is 69.1 Å². The first kappa shape index (κ1) is 24.0. The molecule has 176 valence electrons. The molecular formula is C30H27NO4. The molecule has 0 aromatic heterocycles. The van der Waals surface area contributed by atoms with E-state index in [2.05, 4.69) is 0 Å². The number of Topliss-reactive ketones (excluding diaryl/α,β-unsaturated/α-hetero) is 2. The molecule has 1 heterocycles. The van der Waals surface area contributed by atoms with Crippen molar-refractivity contribution < 1.29 is 19.2 Å². The smallest absolute Gasteiger partial charge is 0.261 e. The van der Waals surface area contributed by atoms with Gasteiger partial charge in [0.15, 0.2) is 11.6 Å². The lowest BCUT2D eigenvalue weighted by Crippen LogP contribution is -2.47. The second kappa shape index (κ2) is 9.63. The quantitative estimate of drug-likeness (QED) is 0.256. The molecule has 2 amide bonds. The lowest BCUT2D eigenvalue weighted by atomic mass is 9.79. The van der Waals surface area contributed by atoms with E-state index in [9.17, 15) is 19.2 Å². The second-order valence-corrected chi connectivity index (χ2v) is 7.92. The highest BCUT2D eigenvalue weighted by Crippen LogP contribution is 2.35. The van der Waals surface area contributed by atoms with E-state index in [1.54, 1.807) is 48.5 Å². The van der Waals surface area contributed by atoms with Gasteiger partial charge in [0.1, 0.15) is 5.92 Å². The average Bonchev–Trinajstić information content (AvgIpc) is 2.92. The Labute approximate surface area is 204 Å². The molecule has 0 radical (unpaired) electrons. The largest absolute Gasteiger partial charge is 0.293 e. The maximum absolute atomic E-state index is 13.3. The molecule has 0 saturated carbocycles. The van der Waals surface area contributed by atoms with Crippen LogP contribution in [0.5, 0.6) is 0 Å². The number of hydrogen-bond acceptors (Lipinski definition) is 4. The summed E-state index contributed by atoms with van der Waals surface area (Å²) in [4.78, 5) is 54.0. The fourth-order valence-corrected chi connectivity index (χ4v) is 4.84. The minimum atomic E-state index is -1.11. The van der Waals surface area contributed by atoms with Gasteiger partial charge in [-0.25, -0.2) is 0 Å². The highest BCUT2D eigenvalue weighted by molar-refractivity contribution is 6.30. The molecule has 4 aromatic rings. The van der Waals surface area contributed by atoms with Crippen LogP contribution in [-0.4, -0.2) is 34.8 Å². The van der Waals surface area contributed by atoms with Crippen LogP contribution in [0, 0.1) is 5.92 Å². The molecule has 6 rings (SSSR count). The lowest BCUT2D eigenvalue weighted by Gasteiger charge is -2.31. The summed E-state index contributed by atoms with van der Waals surface area (Å²) in [7, 11) is 0. The van der Waals surface area contributed by atoms with Gasteiger partial charge in [-0.2, -0.15) is 0 Å². The molecule has 5 nitrogen and oxygen atoms in total. The van der Waals surface area contributed by atoms with Crippen LogP contribution in [0.3, 0.4) is 0 Å². The van der Waals surface area contributed by atoms with E-state index in [1.165, 1.54) is 0 Å². The summed E-state index contributed by atoms with van der Waals surface area (Å²) in [5, 5.41) is 2.89. The predicted molar refractivity (Wildman–Crippen MR) is 138 cm³/mol. The molecule has 1 aliphatic heterocycles. The van der Waals surface area contributed by atoms with E-state index in [1.807, 2.05) is 52.0 Å². The van der Waals surface area contributed by atoms with Gasteiger partial charge in [-0.3, -0.25) is 24.1 Å². The van der Waals surface area contributed by atoms with E-state index < -0.39 is 17.7 Å². The Morgan fingerprint density at radius 1 is 0.543 bits per heavy atom. The second-order valence-electron chi connectivity index (χ2n) is 7.92. The van der Waals surface area contributed by atoms with Gasteiger partial charge < -0.3 is 0 Å². The fraction of sp³-hybridized carbons (Fsp3) is 0.200. The van der Waals surface area contributed by atoms with Crippen LogP contribution in [0.4, 0.5) is 0 Å². The van der Waals surface area contributed by atoms with E-state index in [-0.39, 0.29) is 18.1 Å². The van der Waals surface area contributed by atoms with Gasteiger partial charge in [-0.05, 0) is 22.9 Å². The Morgan fingerprint density at radius 2 is 0.886 bits per heavy atom. The number of nitrogens with zero attached hydrogens (tertiary/aromatic N) is 1. The standard InChI is InChI=1S/C26H15NO4.2C2H6/c28-23-16-9-1-5-14-6-2-10-17(21(14)16)24(29)20(23)13-27-25(30)18-11-3-7-15-8-4-12-19(22(15)18)26(27)31;2*1-2/h1-12,20H,13H2;2*1-2H3. The average molecular weight is 466 g/mol. The monoisotopic (exact) mass is 465 g/mol. The van der Waals surface area contributed by atoms with E-state index >= 15 is 0 Å². The number of carbonyl (C=O) groups is 4. The van der Waals surface area contributed by atoms with Gasteiger partial charge in [-0.15, -0.1) is 0 Å². The molecule has 0 fully saturated rings. The van der Waals surface area contributed by atoms with E-state index in [0.29, 0.717) is 33.0 Å². The number of hydrogen-bond donors (Lipinski definition) is 0. The predicted octanol–water partition coefficient (Wildman–Crippen LogP) is 6.34. The van der Waals surface area contributed by atoms with Crippen molar-refractivity contribution in [2.75, 3.05) is 6.54 Å². The van der Waals surface area contributed by atoms with Gasteiger partial charge in [0.05, 0.1) is 0 Å². The maximum atomic E-state index is 13.3. The Balaban J connectivity index is 0.000000689. The third kappa shape index (κ3) is 3.64. The van der Waals surface area contributed by atoms with Crippen LogP contribution in [0.2, 0.25) is 0 Å². The Bertz CT molecular complexity index is 1290. The molecule has 0 unspecified atom stereocenters. The van der Waals surface area contributed by atoms with Crippen molar-refractivity contribution in [1.82, 2.24) is 4.90 Å². The minimum absolute atomic E-state index is 0.273. The van der Waals surface area contributed by atoms with Crippen molar-refractivity contribution in [3.63, 3.8) is 0 Å². The third-order valence-corrected chi connectivity index (χ3v) is 6.29. The zero-order valence-electron chi connectivity index (χ0n) is 20.3. The number of carbonyl (C=O) groups excluding carboxylic acids is 4.